The maximum absolute atomic E-state index is 12.7. The molecule has 2 N–H and O–H groups in total. The minimum Gasteiger partial charge on any atom is -0.341 e. The van der Waals surface area contributed by atoms with Crippen molar-refractivity contribution < 1.29 is 4.79 Å². The van der Waals surface area contributed by atoms with Gasteiger partial charge in [-0.05, 0) is 58.5 Å². The highest BCUT2D eigenvalue weighted by Crippen LogP contribution is 2.25. The van der Waals surface area contributed by atoms with Crippen molar-refractivity contribution >= 4 is 5.91 Å². The van der Waals surface area contributed by atoms with E-state index in [-0.39, 0.29) is 6.04 Å². The Hall–Kier alpha value is -0.610. The van der Waals surface area contributed by atoms with Gasteiger partial charge in [0.25, 0.3) is 0 Å². The molecule has 2 atom stereocenters. The molecule has 4 nitrogen and oxygen atoms in total. The SMILES string of the molecule is CC(C(=O)N1CCCCCC1)N1CCCC1CCCN. The van der Waals surface area contributed by atoms with Crippen LogP contribution >= 0.6 is 0 Å². The molecule has 2 unspecified atom stereocenters. The molecule has 2 saturated heterocycles. The third kappa shape index (κ3) is 3.95. The van der Waals surface area contributed by atoms with Gasteiger partial charge in [0.05, 0.1) is 6.04 Å². The first kappa shape index (κ1) is 15.8. The Kier molecular flexibility index (Phi) is 6.30. The maximum atomic E-state index is 12.7. The Labute approximate surface area is 123 Å². The Morgan fingerprint density at radius 1 is 1.15 bits per heavy atom. The molecule has 2 fully saturated rings. The zero-order valence-corrected chi connectivity index (χ0v) is 13.0. The maximum Gasteiger partial charge on any atom is 0.239 e. The lowest BCUT2D eigenvalue weighted by molar-refractivity contribution is -0.136. The zero-order chi connectivity index (χ0) is 14.4. The lowest BCUT2D eigenvalue weighted by atomic mass is 10.1. The van der Waals surface area contributed by atoms with E-state index in [1.807, 2.05) is 0 Å². The largest absolute Gasteiger partial charge is 0.341 e. The molecule has 1 amide bonds. The van der Waals surface area contributed by atoms with Gasteiger partial charge in [0, 0.05) is 19.1 Å². The number of hydrogen-bond donors (Lipinski definition) is 1. The standard InChI is InChI=1S/C16H31N3O/c1-14(16(20)18-11-4-2-3-5-12-18)19-13-7-9-15(19)8-6-10-17/h14-15H,2-13,17H2,1H3. The van der Waals surface area contributed by atoms with Crippen molar-refractivity contribution in [2.45, 2.75) is 70.4 Å². The third-order valence-electron chi connectivity index (χ3n) is 4.94. The first-order chi connectivity index (χ1) is 9.74. The molecule has 0 aromatic heterocycles. The summed E-state index contributed by atoms with van der Waals surface area (Å²) >= 11 is 0. The van der Waals surface area contributed by atoms with E-state index in [0.29, 0.717) is 11.9 Å². The highest BCUT2D eigenvalue weighted by molar-refractivity contribution is 5.81. The molecule has 2 heterocycles. The molecular weight excluding hydrogens is 250 g/mol. The summed E-state index contributed by atoms with van der Waals surface area (Å²) in [6.07, 6.45) is 9.59. The number of likely N-dealkylation sites (tertiary alicyclic amines) is 2. The van der Waals surface area contributed by atoms with Crippen LogP contribution in [0.25, 0.3) is 0 Å². The van der Waals surface area contributed by atoms with Crippen molar-refractivity contribution in [2.24, 2.45) is 5.73 Å². The van der Waals surface area contributed by atoms with E-state index in [1.54, 1.807) is 0 Å². The lowest BCUT2D eigenvalue weighted by Gasteiger charge is -2.33. The molecule has 20 heavy (non-hydrogen) atoms. The molecule has 0 aliphatic carbocycles. The van der Waals surface area contributed by atoms with Crippen LogP contribution in [0.4, 0.5) is 0 Å². The van der Waals surface area contributed by atoms with Crippen LogP contribution in [0, 0.1) is 0 Å². The first-order valence-electron chi connectivity index (χ1n) is 8.48. The summed E-state index contributed by atoms with van der Waals surface area (Å²) < 4.78 is 0. The highest BCUT2D eigenvalue weighted by Gasteiger charge is 2.33. The number of carbonyl (C=O) groups is 1. The normalized spacial score (nSPS) is 26.5. The fourth-order valence-electron chi connectivity index (χ4n) is 3.73. The van der Waals surface area contributed by atoms with Crippen LogP contribution in [-0.4, -0.2) is 54.0 Å². The van der Waals surface area contributed by atoms with Crippen LogP contribution < -0.4 is 5.73 Å². The fraction of sp³-hybridized carbons (Fsp3) is 0.938. The summed E-state index contributed by atoms with van der Waals surface area (Å²) in [5, 5.41) is 0. The second-order valence-electron chi connectivity index (χ2n) is 6.38. The van der Waals surface area contributed by atoms with Crippen molar-refractivity contribution in [1.82, 2.24) is 9.80 Å². The number of rotatable bonds is 5. The third-order valence-corrected chi connectivity index (χ3v) is 4.94. The van der Waals surface area contributed by atoms with E-state index in [1.165, 1.54) is 38.5 Å². The van der Waals surface area contributed by atoms with Gasteiger partial charge in [-0.25, -0.2) is 0 Å². The lowest BCUT2D eigenvalue weighted by Crippen LogP contribution is -2.49. The van der Waals surface area contributed by atoms with Gasteiger partial charge >= 0.3 is 0 Å². The van der Waals surface area contributed by atoms with E-state index in [2.05, 4.69) is 16.7 Å². The summed E-state index contributed by atoms with van der Waals surface area (Å²) in [5.41, 5.74) is 5.63. The average molecular weight is 281 g/mol. The smallest absolute Gasteiger partial charge is 0.239 e. The molecule has 4 heteroatoms. The van der Waals surface area contributed by atoms with Crippen LogP contribution in [0.1, 0.15) is 58.3 Å². The number of nitrogens with zero attached hydrogens (tertiary/aromatic N) is 2. The van der Waals surface area contributed by atoms with Gasteiger partial charge in [-0.1, -0.05) is 12.8 Å². The molecular formula is C16H31N3O. The van der Waals surface area contributed by atoms with Crippen molar-refractivity contribution in [3.8, 4) is 0 Å². The second-order valence-corrected chi connectivity index (χ2v) is 6.38. The molecule has 2 aliphatic heterocycles. The van der Waals surface area contributed by atoms with Crippen LogP contribution in [0.2, 0.25) is 0 Å². The predicted molar refractivity (Wildman–Crippen MR) is 82.5 cm³/mol. The number of amides is 1. The van der Waals surface area contributed by atoms with Gasteiger partial charge < -0.3 is 10.6 Å². The summed E-state index contributed by atoms with van der Waals surface area (Å²) in [5.74, 6) is 0.353. The molecule has 0 saturated carbocycles. The first-order valence-corrected chi connectivity index (χ1v) is 8.48. The van der Waals surface area contributed by atoms with Crippen molar-refractivity contribution in [2.75, 3.05) is 26.2 Å². The highest BCUT2D eigenvalue weighted by atomic mass is 16.2. The van der Waals surface area contributed by atoms with E-state index in [4.69, 9.17) is 5.73 Å². The van der Waals surface area contributed by atoms with Gasteiger partial charge in [0.1, 0.15) is 0 Å². The number of hydrogen-bond acceptors (Lipinski definition) is 3. The minimum atomic E-state index is 0.0541. The van der Waals surface area contributed by atoms with Crippen LogP contribution in [0.15, 0.2) is 0 Å². The summed E-state index contributed by atoms with van der Waals surface area (Å²) in [6, 6.07) is 0.628. The second kappa shape index (κ2) is 7.99. The van der Waals surface area contributed by atoms with Gasteiger partial charge in [0.15, 0.2) is 0 Å². The number of carbonyl (C=O) groups excluding carboxylic acids is 1. The monoisotopic (exact) mass is 281 g/mol. The summed E-state index contributed by atoms with van der Waals surface area (Å²) in [4.78, 5) is 17.3. The fourth-order valence-corrected chi connectivity index (χ4v) is 3.73. The van der Waals surface area contributed by atoms with E-state index in [9.17, 15) is 4.79 Å². The Morgan fingerprint density at radius 3 is 2.50 bits per heavy atom. The molecule has 0 bridgehead atoms. The van der Waals surface area contributed by atoms with E-state index < -0.39 is 0 Å². The Balaban J connectivity index is 1.90. The molecule has 0 aromatic rings. The van der Waals surface area contributed by atoms with Crippen LogP contribution in [0.3, 0.4) is 0 Å². The molecule has 0 aromatic carbocycles. The predicted octanol–water partition coefficient (Wildman–Crippen LogP) is 1.98. The van der Waals surface area contributed by atoms with Gasteiger partial charge in [-0.3, -0.25) is 9.69 Å². The average Bonchev–Trinajstić information content (AvgIpc) is 2.76. The van der Waals surface area contributed by atoms with Crippen molar-refractivity contribution in [3.63, 3.8) is 0 Å². The van der Waals surface area contributed by atoms with Crippen LogP contribution in [-0.2, 0) is 4.79 Å². The van der Waals surface area contributed by atoms with Crippen LogP contribution in [0.5, 0.6) is 0 Å². The van der Waals surface area contributed by atoms with Crippen molar-refractivity contribution in [3.05, 3.63) is 0 Å². The molecule has 2 rings (SSSR count). The Morgan fingerprint density at radius 2 is 1.85 bits per heavy atom. The Bertz CT molecular complexity index is 300. The van der Waals surface area contributed by atoms with Crippen molar-refractivity contribution in [1.29, 1.82) is 0 Å². The molecule has 116 valence electrons. The minimum absolute atomic E-state index is 0.0541. The van der Waals surface area contributed by atoms with Gasteiger partial charge in [0.2, 0.25) is 5.91 Å². The van der Waals surface area contributed by atoms with Gasteiger partial charge in [-0.15, -0.1) is 0 Å². The van der Waals surface area contributed by atoms with Gasteiger partial charge in [-0.2, -0.15) is 0 Å². The zero-order valence-electron chi connectivity index (χ0n) is 13.0. The topological polar surface area (TPSA) is 49.6 Å². The molecule has 0 radical (unpaired) electrons. The van der Waals surface area contributed by atoms with E-state index in [0.717, 1.165) is 39.0 Å². The quantitative estimate of drug-likeness (QED) is 0.838. The molecule has 2 aliphatic rings. The molecule has 0 spiro atoms. The van der Waals surface area contributed by atoms with E-state index >= 15 is 0 Å². The summed E-state index contributed by atoms with van der Waals surface area (Å²) in [7, 11) is 0. The number of nitrogens with two attached hydrogens (primary N) is 1. The summed E-state index contributed by atoms with van der Waals surface area (Å²) in [6.45, 7) is 5.87.